The standard InChI is InChI=1S/C21H24N4O3S/c1-4-12-25-20(18-10-13-28-15(18)2)23-24-21(25)29-14-19(26)22-11-9-16-5-7-17(27-3)8-6-16/h4-8,10,13H,1,9,11-12,14H2,2-3H3,(H,22,26). The van der Waals surface area contributed by atoms with E-state index in [-0.39, 0.29) is 11.7 Å². The highest BCUT2D eigenvalue weighted by Gasteiger charge is 2.17. The number of carbonyl (C=O) groups excluding carboxylic acids is 1. The molecule has 3 rings (SSSR count). The molecule has 0 unspecified atom stereocenters. The summed E-state index contributed by atoms with van der Waals surface area (Å²) in [5.41, 5.74) is 2.03. The third-order valence-corrected chi connectivity index (χ3v) is 5.32. The quantitative estimate of drug-likeness (QED) is 0.405. The van der Waals surface area contributed by atoms with E-state index in [0.717, 1.165) is 29.1 Å². The molecule has 0 fully saturated rings. The number of nitrogens with one attached hydrogen (secondary N) is 1. The van der Waals surface area contributed by atoms with E-state index in [1.54, 1.807) is 19.4 Å². The topological polar surface area (TPSA) is 82.2 Å². The van der Waals surface area contributed by atoms with Crippen LogP contribution in [0.4, 0.5) is 0 Å². The number of allylic oxidation sites excluding steroid dienone is 1. The Bertz CT molecular complexity index is 963. The van der Waals surface area contributed by atoms with E-state index < -0.39 is 0 Å². The van der Waals surface area contributed by atoms with E-state index >= 15 is 0 Å². The van der Waals surface area contributed by atoms with E-state index in [4.69, 9.17) is 9.15 Å². The first kappa shape index (κ1) is 20.7. The van der Waals surface area contributed by atoms with Crippen molar-refractivity contribution in [3.8, 4) is 17.1 Å². The zero-order chi connectivity index (χ0) is 20.6. The summed E-state index contributed by atoms with van der Waals surface area (Å²) < 4.78 is 12.4. The Morgan fingerprint density at radius 1 is 1.31 bits per heavy atom. The molecule has 0 radical (unpaired) electrons. The highest BCUT2D eigenvalue weighted by atomic mass is 32.2. The molecule has 1 aromatic carbocycles. The second-order valence-corrected chi connectivity index (χ2v) is 7.28. The summed E-state index contributed by atoms with van der Waals surface area (Å²) in [6.45, 7) is 6.80. The fourth-order valence-electron chi connectivity index (χ4n) is 2.82. The lowest BCUT2D eigenvalue weighted by atomic mass is 10.1. The monoisotopic (exact) mass is 412 g/mol. The number of amides is 1. The number of ether oxygens (including phenoxy) is 1. The highest BCUT2D eigenvalue weighted by Crippen LogP contribution is 2.27. The van der Waals surface area contributed by atoms with Gasteiger partial charge in [0.1, 0.15) is 11.5 Å². The number of aryl methyl sites for hydroxylation is 1. The van der Waals surface area contributed by atoms with Crippen molar-refractivity contribution in [2.24, 2.45) is 0 Å². The molecular weight excluding hydrogens is 388 g/mol. The average molecular weight is 413 g/mol. The molecule has 1 amide bonds. The van der Waals surface area contributed by atoms with Crippen molar-refractivity contribution in [1.29, 1.82) is 0 Å². The van der Waals surface area contributed by atoms with Crippen LogP contribution >= 0.6 is 11.8 Å². The normalized spacial score (nSPS) is 10.7. The van der Waals surface area contributed by atoms with Gasteiger partial charge in [-0.2, -0.15) is 0 Å². The molecule has 0 aliphatic rings. The number of nitrogens with zero attached hydrogens (tertiary/aromatic N) is 3. The lowest BCUT2D eigenvalue weighted by Crippen LogP contribution is -2.27. The second kappa shape index (κ2) is 9.97. The summed E-state index contributed by atoms with van der Waals surface area (Å²) in [5, 5.41) is 12.1. The predicted molar refractivity (Wildman–Crippen MR) is 113 cm³/mol. The van der Waals surface area contributed by atoms with Crippen LogP contribution in [0.5, 0.6) is 5.75 Å². The smallest absolute Gasteiger partial charge is 0.230 e. The van der Waals surface area contributed by atoms with Gasteiger partial charge >= 0.3 is 0 Å². The number of hydrogen-bond acceptors (Lipinski definition) is 6. The van der Waals surface area contributed by atoms with Gasteiger partial charge in [0, 0.05) is 13.1 Å². The second-order valence-electron chi connectivity index (χ2n) is 6.33. The fourth-order valence-corrected chi connectivity index (χ4v) is 3.60. The third kappa shape index (κ3) is 5.29. The summed E-state index contributed by atoms with van der Waals surface area (Å²) in [7, 11) is 1.64. The summed E-state index contributed by atoms with van der Waals surface area (Å²) in [6, 6.07) is 9.69. The molecule has 0 saturated heterocycles. The lowest BCUT2D eigenvalue weighted by Gasteiger charge is -2.08. The van der Waals surface area contributed by atoms with E-state index in [2.05, 4.69) is 22.1 Å². The molecule has 2 aromatic heterocycles. The minimum atomic E-state index is -0.0438. The van der Waals surface area contributed by atoms with Gasteiger partial charge in [-0.05, 0) is 37.1 Å². The molecule has 0 spiro atoms. The Morgan fingerprint density at radius 3 is 2.76 bits per heavy atom. The summed E-state index contributed by atoms with van der Waals surface area (Å²) in [5.74, 6) is 2.53. The van der Waals surface area contributed by atoms with Crippen molar-refractivity contribution in [2.45, 2.75) is 25.0 Å². The molecule has 0 saturated carbocycles. The molecule has 0 bridgehead atoms. The van der Waals surface area contributed by atoms with Crippen LogP contribution < -0.4 is 10.1 Å². The minimum absolute atomic E-state index is 0.0438. The Hall–Kier alpha value is -3.00. The summed E-state index contributed by atoms with van der Waals surface area (Å²) >= 11 is 1.35. The number of hydrogen-bond donors (Lipinski definition) is 1. The minimum Gasteiger partial charge on any atom is -0.497 e. The summed E-state index contributed by atoms with van der Waals surface area (Å²) in [6.07, 6.45) is 4.17. The van der Waals surface area contributed by atoms with Crippen molar-refractivity contribution >= 4 is 17.7 Å². The SMILES string of the molecule is C=CCn1c(SCC(=O)NCCc2ccc(OC)cc2)nnc1-c1ccoc1C. The van der Waals surface area contributed by atoms with Gasteiger partial charge in [0.25, 0.3) is 0 Å². The van der Waals surface area contributed by atoms with Crippen molar-refractivity contribution in [2.75, 3.05) is 19.4 Å². The number of carbonyl (C=O) groups is 1. The van der Waals surface area contributed by atoms with Gasteiger partial charge in [-0.25, -0.2) is 0 Å². The van der Waals surface area contributed by atoms with Crippen LogP contribution in [0.15, 0.2) is 58.8 Å². The molecule has 8 heteroatoms. The lowest BCUT2D eigenvalue weighted by molar-refractivity contribution is -0.118. The maximum atomic E-state index is 12.2. The molecule has 3 aromatic rings. The first-order valence-corrected chi connectivity index (χ1v) is 10.2. The summed E-state index contributed by atoms with van der Waals surface area (Å²) in [4.78, 5) is 12.2. The Labute approximate surface area is 174 Å². The van der Waals surface area contributed by atoms with Gasteiger partial charge in [-0.1, -0.05) is 30.0 Å². The van der Waals surface area contributed by atoms with Crippen molar-refractivity contribution in [1.82, 2.24) is 20.1 Å². The fraction of sp³-hybridized carbons (Fsp3) is 0.286. The number of methoxy groups -OCH3 is 1. The molecule has 29 heavy (non-hydrogen) atoms. The molecule has 0 atom stereocenters. The van der Waals surface area contributed by atoms with E-state index in [0.29, 0.717) is 24.1 Å². The van der Waals surface area contributed by atoms with Gasteiger partial charge in [0.15, 0.2) is 11.0 Å². The largest absolute Gasteiger partial charge is 0.497 e. The van der Waals surface area contributed by atoms with Crippen molar-refractivity contribution in [3.05, 3.63) is 60.6 Å². The zero-order valence-corrected chi connectivity index (χ0v) is 17.4. The highest BCUT2D eigenvalue weighted by molar-refractivity contribution is 7.99. The number of thioether (sulfide) groups is 1. The van der Waals surface area contributed by atoms with Gasteiger partial charge in [-0.15, -0.1) is 16.8 Å². The molecule has 0 aliphatic heterocycles. The third-order valence-electron chi connectivity index (χ3n) is 4.36. The number of aromatic nitrogens is 3. The maximum absolute atomic E-state index is 12.2. The molecule has 0 aliphatic carbocycles. The number of benzene rings is 1. The van der Waals surface area contributed by atoms with E-state index in [1.807, 2.05) is 41.8 Å². The molecule has 7 nitrogen and oxygen atoms in total. The van der Waals surface area contributed by atoms with Gasteiger partial charge in [0.2, 0.25) is 5.91 Å². The van der Waals surface area contributed by atoms with Crippen LogP contribution in [0.2, 0.25) is 0 Å². The Kier molecular flexibility index (Phi) is 7.13. The van der Waals surface area contributed by atoms with Crippen LogP contribution in [0.1, 0.15) is 11.3 Å². The zero-order valence-electron chi connectivity index (χ0n) is 16.6. The Morgan fingerprint density at radius 2 is 2.10 bits per heavy atom. The molecule has 1 N–H and O–H groups in total. The van der Waals surface area contributed by atoms with Crippen molar-refractivity contribution < 1.29 is 13.9 Å². The molecular formula is C21H24N4O3S. The average Bonchev–Trinajstić information content (AvgIpc) is 3.33. The van der Waals surface area contributed by atoms with Gasteiger partial charge < -0.3 is 14.5 Å². The Balaban J connectivity index is 1.53. The van der Waals surface area contributed by atoms with E-state index in [1.165, 1.54) is 11.8 Å². The maximum Gasteiger partial charge on any atom is 0.230 e. The number of furan rings is 1. The first-order valence-electron chi connectivity index (χ1n) is 9.23. The van der Waals surface area contributed by atoms with E-state index in [9.17, 15) is 4.79 Å². The van der Waals surface area contributed by atoms with Crippen molar-refractivity contribution in [3.63, 3.8) is 0 Å². The van der Waals surface area contributed by atoms with Crippen LogP contribution in [0.3, 0.4) is 0 Å². The van der Waals surface area contributed by atoms with Gasteiger partial charge in [-0.3, -0.25) is 9.36 Å². The van der Waals surface area contributed by atoms with Crippen LogP contribution in [-0.4, -0.2) is 40.1 Å². The predicted octanol–water partition coefficient (Wildman–Crippen LogP) is 3.49. The van der Waals surface area contributed by atoms with Crippen LogP contribution in [0.25, 0.3) is 11.4 Å². The van der Waals surface area contributed by atoms with Crippen LogP contribution in [-0.2, 0) is 17.8 Å². The van der Waals surface area contributed by atoms with Crippen LogP contribution in [0, 0.1) is 6.92 Å². The molecule has 152 valence electrons. The van der Waals surface area contributed by atoms with Gasteiger partial charge in [0.05, 0.1) is 24.7 Å². The molecule has 2 heterocycles. The number of rotatable bonds is 10. The first-order chi connectivity index (χ1) is 14.1.